The first-order valence-corrected chi connectivity index (χ1v) is 6.41. The average Bonchev–Trinajstić information content (AvgIpc) is 2.74. The SMILES string of the molecule is PN1CCC(n2ccc3ccccc32)CC1. The van der Waals surface area contributed by atoms with Crippen LogP contribution >= 0.6 is 9.39 Å². The Labute approximate surface area is 98.5 Å². The van der Waals surface area contributed by atoms with Gasteiger partial charge in [0, 0.05) is 30.8 Å². The summed E-state index contributed by atoms with van der Waals surface area (Å²) in [4.78, 5) is 0. The molecule has 0 bridgehead atoms. The second kappa shape index (κ2) is 4.20. The molecule has 0 spiro atoms. The molecule has 0 saturated carbocycles. The average molecular weight is 232 g/mol. The molecule has 84 valence electrons. The number of aromatic nitrogens is 1. The van der Waals surface area contributed by atoms with Gasteiger partial charge < -0.3 is 4.57 Å². The molecule has 1 unspecified atom stereocenters. The molecule has 1 atom stereocenters. The smallest absolute Gasteiger partial charge is 0.0482 e. The van der Waals surface area contributed by atoms with Gasteiger partial charge in [-0.2, -0.15) is 0 Å². The lowest BCUT2D eigenvalue weighted by Gasteiger charge is -2.30. The highest BCUT2D eigenvalue weighted by molar-refractivity contribution is 7.13. The Morgan fingerprint density at radius 1 is 1.06 bits per heavy atom. The third-order valence-electron chi connectivity index (χ3n) is 3.52. The summed E-state index contributed by atoms with van der Waals surface area (Å²) in [6.07, 6.45) is 4.75. The molecule has 0 amide bonds. The number of benzene rings is 1. The molecular weight excluding hydrogens is 215 g/mol. The molecule has 1 aromatic heterocycles. The monoisotopic (exact) mass is 232 g/mol. The lowest BCUT2D eigenvalue weighted by Crippen LogP contribution is -2.27. The Balaban J connectivity index is 1.94. The van der Waals surface area contributed by atoms with Crippen molar-refractivity contribution in [3.8, 4) is 0 Å². The number of hydrogen-bond acceptors (Lipinski definition) is 1. The minimum Gasteiger partial charge on any atom is -0.344 e. The van der Waals surface area contributed by atoms with Gasteiger partial charge in [-0.1, -0.05) is 27.6 Å². The number of nitrogens with zero attached hydrogens (tertiary/aromatic N) is 2. The normalized spacial score (nSPS) is 19.3. The van der Waals surface area contributed by atoms with E-state index in [1.807, 2.05) is 0 Å². The second-order valence-electron chi connectivity index (χ2n) is 4.55. The summed E-state index contributed by atoms with van der Waals surface area (Å²) in [5.41, 5.74) is 1.38. The maximum atomic E-state index is 2.81. The fraction of sp³-hybridized carbons (Fsp3) is 0.385. The maximum absolute atomic E-state index is 2.81. The van der Waals surface area contributed by atoms with Crippen molar-refractivity contribution in [2.75, 3.05) is 13.1 Å². The van der Waals surface area contributed by atoms with E-state index < -0.39 is 0 Å². The van der Waals surface area contributed by atoms with Crippen molar-refractivity contribution in [1.82, 2.24) is 9.24 Å². The van der Waals surface area contributed by atoms with E-state index in [0.29, 0.717) is 6.04 Å². The van der Waals surface area contributed by atoms with Gasteiger partial charge in [-0.25, -0.2) is 0 Å². The number of para-hydroxylation sites is 1. The van der Waals surface area contributed by atoms with Gasteiger partial charge >= 0.3 is 0 Å². The van der Waals surface area contributed by atoms with Crippen molar-refractivity contribution in [1.29, 1.82) is 0 Å². The zero-order valence-corrected chi connectivity index (χ0v) is 10.5. The van der Waals surface area contributed by atoms with E-state index in [2.05, 4.69) is 55.2 Å². The molecule has 0 radical (unpaired) electrons. The Morgan fingerprint density at radius 2 is 1.81 bits per heavy atom. The molecule has 1 fully saturated rings. The van der Waals surface area contributed by atoms with Crippen LogP contribution in [-0.4, -0.2) is 22.3 Å². The summed E-state index contributed by atoms with van der Waals surface area (Å²) in [6.45, 7) is 2.36. The van der Waals surface area contributed by atoms with Gasteiger partial charge in [-0.15, -0.1) is 0 Å². The van der Waals surface area contributed by atoms with E-state index in [1.165, 1.54) is 36.8 Å². The molecule has 1 aliphatic rings. The Bertz CT molecular complexity index is 483. The first-order valence-electron chi connectivity index (χ1n) is 5.90. The van der Waals surface area contributed by atoms with Gasteiger partial charge in [-0.3, -0.25) is 4.67 Å². The van der Waals surface area contributed by atoms with Gasteiger partial charge in [-0.05, 0) is 30.4 Å². The predicted molar refractivity (Wildman–Crippen MR) is 71.5 cm³/mol. The van der Waals surface area contributed by atoms with E-state index in [4.69, 9.17) is 0 Å². The molecule has 1 aromatic carbocycles. The summed E-state index contributed by atoms with van der Waals surface area (Å²) < 4.78 is 4.79. The van der Waals surface area contributed by atoms with E-state index >= 15 is 0 Å². The summed E-state index contributed by atoms with van der Waals surface area (Å²) in [5, 5.41) is 1.36. The summed E-state index contributed by atoms with van der Waals surface area (Å²) in [5.74, 6) is 0. The number of rotatable bonds is 1. The third kappa shape index (κ3) is 1.77. The van der Waals surface area contributed by atoms with Crippen LogP contribution < -0.4 is 0 Å². The van der Waals surface area contributed by atoms with Crippen molar-refractivity contribution >= 4 is 20.3 Å². The molecule has 3 rings (SSSR count). The number of hydrogen-bond donors (Lipinski definition) is 0. The van der Waals surface area contributed by atoms with Crippen LogP contribution in [-0.2, 0) is 0 Å². The summed E-state index contributed by atoms with van der Waals surface area (Å²) in [6, 6.07) is 11.6. The molecule has 1 saturated heterocycles. The quantitative estimate of drug-likeness (QED) is 0.686. The van der Waals surface area contributed by atoms with Gasteiger partial charge in [0.1, 0.15) is 0 Å². The van der Waals surface area contributed by atoms with E-state index in [-0.39, 0.29) is 0 Å². The zero-order chi connectivity index (χ0) is 11.0. The molecule has 0 N–H and O–H groups in total. The standard InChI is InChI=1S/C13H17N2P/c16-14-8-6-12(7-9-14)15-10-5-11-3-1-2-4-13(11)15/h1-5,10,12H,6-9,16H2. The van der Waals surface area contributed by atoms with Crippen molar-refractivity contribution < 1.29 is 0 Å². The fourth-order valence-electron chi connectivity index (χ4n) is 2.59. The van der Waals surface area contributed by atoms with E-state index in [9.17, 15) is 0 Å². The lowest BCUT2D eigenvalue weighted by atomic mass is 10.1. The molecule has 2 nitrogen and oxygen atoms in total. The molecular formula is C13H17N2P. The van der Waals surface area contributed by atoms with Crippen LogP contribution in [0, 0.1) is 0 Å². The molecule has 16 heavy (non-hydrogen) atoms. The van der Waals surface area contributed by atoms with E-state index in [1.54, 1.807) is 0 Å². The number of piperidine rings is 1. The number of fused-ring (bicyclic) bond motifs is 1. The Hall–Kier alpha value is -0.850. The molecule has 2 aromatic rings. The zero-order valence-electron chi connectivity index (χ0n) is 9.34. The van der Waals surface area contributed by atoms with Crippen LogP contribution in [0.2, 0.25) is 0 Å². The highest BCUT2D eigenvalue weighted by Gasteiger charge is 2.18. The minimum absolute atomic E-state index is 0.677. The second-order valence-corrected chi connectivity index (χ2v) is 5.28. The Morgan fingerprint density at radius 3 is 2.62 bits per heavy atom. The molecule has 1 aliphatic heterocycles. The van der Waals surface area contributed by atoms with Crippen molar-refractivity contribution in [2.45, 2.75) is 18.9 Å². The first kappa shape index (κ1) is 10.3. The van der Waals surface area contributed by atoms with Crippen LogP contribution in [0.4, 0.5) is 0 Å². The molecule has 3 heteroatoms. The summed E-state index contributed by atoms with van der Waals surface area (Å²) in [7, 11) is 2.81. The van der Waals surface area contributed by atoms with Gasteiger partial charge in [0.2, 0.25) is 0 Å². The predicted octanol–water partition coefficient (Wildman–Crippen LogP) is 3.07. The maximum Gasteiger partial charge on any atom is 0.0482 e. The summed E-state index contributed by atoms with van der Waals surface area (Å²) >= 11 is 0. The highest BCUT2D eigenvalue weighted by atomic mass is 31.0. The van der Waals surface area contributed by atoms with Crippen LogP contribution in [0.25, 0.3) is 10.9 Å². The van der Waals surface area contributed by atoms with Crippen LogP contribution in [0.5, 0.6) is 0 Å². The topological polar surface area (TPSA) is 8.17 Å². The Kier molecular flexibility index (Phi) is 2.70. The van der Waals surface area contributed by atoms with Gasteiger partial charge in [0.05, 0.1) is 0 Å². The van der Waals surface area contributed by atoms with Crippen LogP contribution in [0.3, 0.4) is 0 Å². The van der Waals surface area contributed by atoms with Crippen LogP contribution in [0.1, 0.15) is 18.9 Å². The lowest BCUT2D eigenvalue weighted by molar-refractivity contribution is 0.295. The highest BCUT2D eigenvalue weighted by Crippen LogP contribution is 2.28. The largest absolute Gasteiger partial charge is 0.344 e. The molecule has 0 aliphatic carbocycles. The van der Waals surface area contributed by atoms with Gasteiger partial charge in [0.25, 0.3) is 0 Å². The van der Waals surface area contributed by atoms with E-state index in [0.717, 1.165) is 0 Å². The van der Waals surface area contributed by atoms with Crippen molar-refractivity contribution in [3.63, 3.8) is 0 Å². The van der Waals surface area contributed by atoms with Crippen molar-refractivity contribution in [3.05, 3.63) is 36.5 Å². The van der Waals surface area contributed by atoms with Crippen LogP contribution in [0.15, 0.2) is 36.5 Å². The first-order chi connectivity index (χ1) is 7.84. The van der Waals surface area contributed by atoms with Gasteiger partial charge in [0.15, 0.2) is 0 Å². The van der Waals surface area contributed by atoms with Crippen molar-refractivity contribution in [2.24, 2.45) is 0 Å². The third-order valence-corrected chi connectivity index (χ3v) is 4.04. The fourth-order valence-corrected chi connectivity index (χ4v) is 2.89. The minimum atomic E-state index is 0.677. The molecule has 2 heterocycles.